The maximum absolute atomic E-state index is 12.1. The third-order valence-electron chi connectivity index (χ3n) is 7.97. The van der Waals surface area contributed by atoms with Gasteiger partial charge in [-0.2, -0.15) is 0 Å². The maximum Gasteiger partial charge on any atom is 0.189 e. The van der Waals surface area contributed by atoms with Crippen LogP contribution >= 0.6 is 0 Å². The van der Waals surface area contributed by atoms with Gasteiger partial charge in [-0.3, -0.25) is 4.79 Å². The van der Waals surface area contributed by atoms with Crippen molar-refractivity contribution in [1.29, 1.82) is 0 Å². The Morgan fingerprint density at radius 1 is 0.886 bits per heavy atom. The molecular formula is C25H43NO18. The van der Waals surface area contributed by atoms with Gasteiger partial charge in [-0.15, -0.1) is 0 Å². The number of Topliss-reactive ketones (excluding diaryl/α,β-unsaturated/α-hetero) is 1. The number of carbonyl (C=O) groups is 1. The van der Waals surface area contributed by atoms with Crippen LogP contribution in [0.2, 0.25) is 0 Å². The van der Waals surface area contributed by atoms with Crippen LogP contribution in [0.5, 0.6) is 0 Å². The molecule has 0 spiro atoms. The van der Waals surface area contributed by atoms with Gasteiger partial charge in [0.15, 0.2) is 18.4 Å². The smallest absolute Gasteiger partial charge is 0.189 e. The normalized spacial score (nSPS) is 43.6. The highest BCUT2D eigenvalue weighted by Crippen LogP contribution is 2.30. The first-order valence-electron chi connectivity index (χ1n) is 13.9. The fourth-order valence-corrected chi connectivity index (χ4v) is 5.21. The second kappa shape index (κ2) is 16.0. The van der Waals surface area contributed by atoms with Crippen LogP contribution in [0.4, 0.5) is 0 Å². The van der Waals surface area contributed by atoms with Gasteiger partial charge in [0.2, 0.25) is 0 Å². The molecule has 3 aliphatic rings. The molecule has 0 aromatic carbocycles. The maximum atomic E-state index is 12.1. The summed E-state index contributed by atoms with van der Waals surface area (Å²) in [6.45, 7) is -1.94. The van der Waals surface area contributed by atoms with Crippen LogP contribution in [-0.2, 0) is 23.7 Å². The number of ether oxygens (including phenoxy) is 4. The monoisotopic (exact) mass is 645 g/mol. The van der Waals surface area contributed by atoms with Crippen LogP contribution in [0, 0.1) is 0 Å². The molecule has 0 aromatic heterocycles. The lowest BCUT2D eigenvalue weighted by atomic mass is 9.86. The first kappa shape index (κ1) is 37.2. The second-order valence-corrected chi connectivity index (χ2v) is 11.0. The molecule has 0 amide bonds. The van der Waals surface area contributed by atoms with Gasteiger partial charge in [-0.25, -0.2) is 0 Å². The summed E-state index contributed by atoms with van der Waals surface area (Å²) in [5.41, 5.74) is 0.0155. The van der Waals surface area contributed by atoms with Gasteiger partial charge < -0.3 is 90.6 Å². The van der Waals surface area contributed by atoms with Crippen LogP contribution in [0.25, 0.3) is 0 Å². The van der Waals surface area contributed by atoms with Crippen molar-refractivity contribution in [2.24, 2.45) is 0 Å². The predicted octanol–water partition coefficient (Wildman–Crippen LogP) is -8.72. The lowest BCUT2D eigenvalue weighted by molar-refractivity contribution is -0.350. The van der Waals surface area contributed by atoms with Crippen LogP contribution in [0.15, 0.2) is 11.6 Å². The van der Waals surface area contributed by atoms with E-state index in [0.717, 1.165) is 0 Å². The Bertz CT molecular complexity index is 956. The standard InChI is InChI=1S/C25H43NO18/c1-7-13(26-9-2-8(3-27)14(32)19(37)15(9)33)18(36)21(39)25(42-7)44-23-12(5-29)43-24(22(40)20(23)38)41-6-11(31)17(35)16(34)10(30)4-28/h2,7,9-10,12-30,32-40H,3-6H2,1H3/t7-,9?,10?,12?,13?,14-,15+,16?,17?,18+,19?,20?,21?,22-,23?,24+,25?/m1/s1. The molecule has 256 valence electrons. The molecule has 1 aliphatic carbocycles. The summed E-state index contributed by atoms with van der Waals surface area (Å²) in [5.74, 6) is -1.17. The van der Waals surface area contributed by atoms with Crippen molar-refractivity contribution in [2.75, 3.05) is 26.4 Å². The van der Waals surface area contributed by atoms with Crippen molar-refractivity contribution in [2.45, 2.75) is 111 Å². The zero-order valence-electron chi connectivity index (χ0n) is 23.6. The van der Waals surface area contributed by atoms with Gasteiger partial charge in [0.1, 0.15) is 79.9 Å². The summed E-state index contributed by atoms with van der Waals surface area (Å²) in [5, 5.41) is 133. The first-order valence-corrected chi connectivity index (χ1v) is 13.9. The van der Waals surface area contributed by atoms with Crippen molar-refractivity contribution < 1.29 is 90.1 Å². The summed E-state index contributed by atoms with van der Waals surface area (Å²) in [6, 6.07) is -2.18. The van der Waals surface area contributed by atoms with E-state index in [4.69, 9.17) is 24.1 Å². The molecule has 3 rings (SSSR count). The highest BCUT2D eigenvalue weighted by atomic mass is 16.7. The van der Waals surface area contributed by atoms with Crippen molar-refractivity contribution >= 4 is 5.78 Å². The lowest BCUT2D eigenvalue weighted by Crippen LogP contribution is -2.68. The summed E-state index contributed by atoms with van der Waals surface area (Å²) < 4.78 is 21.8. The zero-order valence-corrected chi connectivity index (χ0v) is 23.6. The molecule has 17 atom stereocenters. The average Bonchev–Trinajstić information content (AvgIpc) is 3.01. The van der Waals surface area contributed by atoms with Crippen LogP contribution < -0.4 is 5.32 Å². The van der Waals surface area contributed by atoms with Gasteiger partial charge >= 0.3 is 0 Å². The number of rotatable bonds is 13. The quantitative estimate of drug-likeness (QED) is 0.0826. The van der Waals surface area contributed by atoms with E-state index in [9.17, 15) is 66.1 Å². The van der Waals surface area contributed by atoms with Gasteiger partial charge in [0.05, 0.1) is 38.0 Å². The molecule has 11 unspecified atom stereocenters. The van der Waals surface area contributed by atoms with Crippen molar-refractivity contribution in [1.82, 2.24) is 5.32 Å². The SMILES string of the molecule is C[C@H]1OC(OC2C(CO)O[C@H](OCC(=O)C(O)C(O)C(O)CO)[C@H](O)C2O)C(O)[C@@H](O)C1NC1C=C(CO)[C@@H](O)C(O)[C@H]1O. The molecule has 44 heavy (non-hydrogen) atoms. The van der Waals surface area contributed by atoms with Crippen molar-refractivity contribution in [3.63, 3.8) is 0 Å². The molecule has 0 bridgehead atoms. The number of hydrogen-bond acceptors (Lipinski definition) is 19. The molecule has 0 radical (unpaired) electrons. The number of aliphatic hydroxyl groups is 13. The fourth-order valence-electron chi connectivity index (χ4n) is 5.21. The van der Waals surface area contributed by atoms with Gasteiger partial charge in [-0.1, -0.05) is 6.08 Å². The van der Waals surface area contributed by atoms with E-state index in [1.807, 2.05) is 0 Å². The van der Waals surface area contributed by atoms with Gasteiger partial charge in [0.25, 0.3) is 0 Å². The molecule has 2 aliphatic heterocycles. The van der Waals surface area contributed by atoms with E-state index in [1.54, 1.807) is 0 Å². The van der Waals surface area contributed by atoms with Gasteiger partial charge in [0, 0.05) is 0 Å². The van der Waals surface area contributed by atoms with Crippen LogP contribution in [0.1, 0.15) is 6.92 Å². The number of carbonyl (C=O) groups excluding carboxylic acids is 1. The average molecular weight is 646 g/mol. The first-order chi connectivity index (χ1) is 20.7. The van der Waals surface area contributed by atoms with E-state index in [1.165, 1.54) is 13.0 Å². The molecular weight excluding hydrogens is 602 g/mol. The predicted molar refractivity (Wildman–Crippen MR) is 139 cm³/mol. The third-order valence-corrected chi connectivity index (χ3v) is 7.97. The molecule has 0 aromatic rings. The van der Waals surface area contributed by atoms with Crippen LogP contribution in [0.3, 0.4) is 0 Å². The molecule has 2 saturated heterocycles. The van der Waals surface area contributed by atoms with E-state index in [0.29, 0.717) is 0 Å². The van der Waals surface area contributed by atoms with E-state index < -0.39 is 136 Å². The highest BCUT2D eigenvalue weighted by Gasteiger charge is 2.51. The van der Waals surface area contributed by atoms with Gasteiger partial charge in [-0.05, 0) is 12.5 Å². The Hall–Kier alpha value is -1.31. The Labute approximate surface area is 250 Å². The summed E-state index contributed by atoms with van der Waals surface area (Å²) >= 11 is 0. The molecule has 19 nitrogen and oxygen atoms in total. The Morgan fingerprint density at radius 3 is 2.11 bits per heavy atom. The largest absolute Gasteiger partial charge is 0.394 e. The number of ketones is 1. The second-order valence-electron chi connectivity index (χ2n) is 11.0. The molecule has 14 N–H and O–H groups in total. The number of nitrogens with one attached hydrogen (secondary N) is 1. The number of aliphatic hydroxyl groups excluding tert-OH is 13. The minimum atomic E-state index is -2.17. The molecule has 19 heteroatoms. The fraction of sp³-hybridized carbons (Fsp3) is 0.880. The summed E-state index contributed by atoms with van der Waals surface area (Å²) in [4.78, 5) is 12.1. The minimum absolute atomic E-state index is 0.0155. The summed E-state index contributed by atoms with van der Waals surface area (Å²) in [6.07, 6.45) is -24.2. The van der Waals surface area contributed by atoms with Crippen LogP contribution in [-0.4, -0.2) is 203 Å². The Morgan fingerprint density at radius 2 is 1.52 bits per heavy atom. The van der Waals surface area contributed by atoms with Crippen molar-refractivity contribution in [3.8, 4) is 0 Å². The molecule has 2 fully saturated rings. The minimum Gasteiger partial charge on any atom is -0.394 e. The van der Waals surface area contributed by atoms with Crippen molar-refractivity contribution in [3.05, 3.63) is 11.6 Å². The lowest BCUT2D eigenvalue weighted by Gasteiger charge is -2.47. The third kappa shape index (κ3) is 7.97. The molecule has 2 heterocycles. The Balaban J connectivity index is 1.63. The van der Waals surface area contributed by atoms with E-state index in [-0.39, 0.29) is 5.57 Å². The topological polar surface area (TPSA) is 329 Å². The zero-order chi connectivity index (χ0) is 33.0. The highest BCUT2D eigenvalue weighted by molar-refractivity contribution is 5.84. The number of hydrogen-bond donors (Lipinski definition) is 14. The van der Waals surface area contributed by atoms with E-state index in [2.05, 4.69) is 5.32 Å². The summed E-state index contributed by atoms with van der Waals surface area (Å²) in [7, 11) is 0. The van der Waals surface area contributed by atoms with E-state index >= 15 is 0 Å². The molecule has 0 saturated carbocycles. The Kier molecular flexibility index (Phi) is 13.5.